The number of nitrogens with two attached hydrogens (primary N) is 2. The van der Waals surface area contributed by atoms with E-state index in [4.69, 9.17) is 11.6 Å². The number of anilines is 1. The van der Waals surface area contributed by atoms with Crippen LogP contribution in [0.4, 0.5) is 5.82 Å². The van der Waals surface area contributed by atoms with Gasteiger partial charge in [-0.15, -0.1) is 0 Å². The molecule has 4 N–H and O–H groups in total. The zero-order chi connectivity index (χ0) is 8.27. The third-order valence-corrected chi connectivity index (χ3v) is 1.18. The quantitative estimate of drug-likeness (QED) is 0.326. The summed E-state index contributed by atoms with van der Waals surface area (Å²) >= 11 is 0. The van der Waals surface area contributed by atoms with E-state index >= 15 is 0 Å². The first kappa shape index (κ1) is 7.46. The van der Waals surface area contributed by atoms with Gasteiger partial charge in [0.1, 0.15) is 11.6 Å². The van der Waals surface area contributed by atoms with Gasteiger partial charge in [0.2, 0.25) is 0 Å². The summed E-state index contributed by atoms with van der Waals surface area (Å²) in [6.07, 6.45) is 2.99. The number of rotatable bonds is 1. The molecule has 0 spiro atoms. The Morgan fingerprint density at radius 2 is 2.36 bits per heavy atom. The average Bonchev–Trinajstić information content (AvgIpc) is 1.95. The van der Waals surface area contributed by atoms with Crippen molar-refractivity contribution in [1.29, 1.82) is 0 Å². The smallest absolute Gasteiger partial charge is 0.136 e. The maximum Gasteiger partial charge on any atom is 0.136 e. The van der Waals surface area contributed by atoms with E-state index < -0.39 is 0 Å². The minimum absolute atomic E-state index is 0.395. The second-order valence-electron chi connectivity index (χ2n) is 2.04. The van der Waals surface area contributed by atoms with E-state index in [-0.39, 0.29) is 0 Å². The Balaban J connectivity index is 3.09. The third-order valence-electron chi connectivity index (χ3n) is 1.18. The summed E-state index contributed by atoms with van der Waals surface area (Å²) in [5, 5.41) is 3.31. The lowest BCUT2D eigenvalue weighted by molar-refractivity contribution is 1.06. The molecule has 0 aliphatic heterocycles. The van der Waals surface area contributed by atoms with Crippen LogP contribution < -0.4 is 11.6 Å². The number of aryl methyl sites for hydroxylation is 1. The molecule has 0 aromatic carbocycles. The first-order valence-corrected chi connectivity index (χ1v) is 3.06. The first-order chi connectivity index (χ1) is 5.24. The van der Waals surface area contributed by atoms with E-state index in [1.54, 1.807) is 13.1 Å². The molecule has 0 unspecified atom stereocenters. The van der Waals surface area contributed by atoms with E-state index in [1.807, 2.05) is 0 Å². The molecule has 1 heterocycles. The maximum atomic E-state index is 5.51. The van der Waals surface area contributed by atoms with Crippen molar-refractivity contribution in [2.45, 2.75) is 6.92 Å². The zero-order valence-corrected chi connectivity index (χ0v) is 6.15. The number of nitrogens with zero attached hydrogens (tertiary/aromatic N) is 3. The number of hydrogen-bond donors (Lipinski definition) is 2. The maximum absolute atomic E-state index is 5.51. The van der Waals surface area contributed by atoms with Crippen LogP contribution >= 0.6 is 0 Å². The molecule has 1 aromatic rings. The summed E-state index contributed by atoms with van der Waals surface area (Å²) < 4.78 is 0. The average molecular weight is 151 g/mol. The van der Waals surface area contributed by atoms with Crippen molar-refractivity contribution >= 4 is 12.0 Å². The molecule has 0 aliphatic carbocycles. The molecule has 5 nitrogen and oxygen atoms in total. The summed E-state index contributed by atoms with van der Waals surface area (Å²) in [4.78, 5) is 7.83. The lowest BCUT2D eigenvalue weighted by Gasteiger charge is -1.97. The molecule has 5 heteroatoms. The second kappa shape index (κ2) is 2.96. The lowest BCUT2D eigenvalue weighted by Crippen LogP contribution is -2.01. The molecule has 0 atom stereocenters. The molecule has 1 aromatic heterocycles. The third kappa shape index (κ3) is 1.64. The molecule has 58 valence electrons. The van der Waals surface area contributed by atoms with Gasteiger partial charge in [0, 0.05) is 6.20 Å². The molecule has 0 fully saturated rings. The van der Waals surface area contributed by atoms with Crippen molar-refractivity contribution in [2.24, 2.45) is 10.9 Å². The van der Waals surface area contributed by atoms with E-state index in [2.05, 4.69) is 15.1 Å². The highest BCUT2D eigenvalue weighted by atomic mass is 15.1. The van der Waals surface area contributed by atoms with Gasteiger partial charge in [-0.05, 0) is 6.92 Å². The number of hydrazone groups is 1. The van der Waals surface area contributed by atoms with Crippen LogP contribution in [-0.4, -0.2) is 16.2 Å². The summed E-state index contributed by atoms with van der Waals surface area (Å²) in [7, 11) is 0. The largest absolute Gasteiger partial charge is 0.383 e. The molecule has 0 saturated carbocycles. The van der Waals surface area contributed by atoms with E-state index in [1.165, 1.54) is 6.21 Å². The van der Waals surface area contributed by atoms with E-state index in [0.717, 1.165) is 0 Å². The first-order valence-electron chi connectivity index (χ1n) is 3.06. The second-order valence-corrected chi connectivity index (χ2v) is 2.04. The Bertz CT molecular complexity index is 280. The number of nitrogen functional groups attached to an aromatic ring is 1. The van der Waals surface area contributed by atoms with Gasteiger partial charge in [-0.3, -0.25) is 0 Å². The highest BCUT2D eigenvalue weighted by molar-refractivity contribution is 5.84. The molecular formula is C6H9N5. The fraction of sp³-hybridized carbons (Fsp3) is 0.167. The Hall–Kier alpha value is -1.65. The highest BCUT2D eigenvalue weighted by Crippen LogP contribution is 2.02. The summed E-state index contributed by atoms with van der Waals surface area (Å²) in [6.45, 7) is 1.76. The summed E-state index contributed by atoms with van der Waals surface area (Å²) in [5.74, 6) is 5.96. The van der Waals surface area contributed by atoms with Crippen molar-refractivity contribution in [1.82, 2.24) is 9.97 Å². The van der Waals surface area contributed by atoms with Crippen molar-refractivity contribution < 1.29 is 0 Å². The predicted molar refractivity (Wildman–Crippen MR) is 43.0 cm³/mol. The molecule has 11 heavy (non-hydrogen) atoms. The molecule has 0 aliphatic rings. The zero-order valence-electron chi connectivity index (χ0n) is 6.15. The van der Waals surface area contributed by atoms with Gasteiger partial charge in [-0.1, -0.05) is 0 Å². The van der Waals surface area contributed by atoms with Crippen LogP contribution in [0.3, 0.4) is 0 Å². The fourth-order valence-electron chi connectivity index (χ4n) is 0.677. The lowest BCUT2D eigenvalue weighted by atomic mass is 10.3. The van der Waals surface area contributed by atoms with Crippen LogP contribution in [-0.2, 0) is 0 Å². The molecule has 0 bridgehead atoms. The van der Waals surface area contributed by atoms with Crippen molar-refractivity contribution in [3.63, 3.8) is 0 Å². The van der Waals surface area contributed by atoms with Crippen LogP contribution in [0.1, 0.15) is 11.4 Å². The van der Waals surface area contributed by atoms with Gasteiger partial charge < -0.3 is 11.6 Å². The molecular weight excluding hydrogens is 142 g/mol. The minimum atomic E-state index is 0.395. The molecule has 0 amide bonds. The Morgan fingerprint density at radius 3 is 2.91 bits per heavy atom. The number of aromatic nitrogens is 2. The van der Waals surface area contributed by atoms with Gasteiger partial charge in [-0.25, -0.2) is 9.97 Å². The van der Waals surface area contributed by atoms with Crippen molar-refractivity contribution in [3.05, 3.63) is 17.6 Å². The highest BCUT2D eigenvalue weighted by Gasteiger charge is 1.96. The summed E-state index contributed by atoms with van der Waals surface area (Å²) in [5.41, 5.74) is 6.15. The van der Waals surface area contributed by atoms with Gasteiger partial charge in [0.15, 0.2) is 0 Å². The molecule has 1 rings (SSSR count). The van der Waals surface area contributed by atoms with Crippen molar-refractivity contribution in [3.8, 4) is 0 Å². The van der Waals surface area contributed by atoms with E-state index in [0.29, 0.717) is 17.2 Å². The number of hydrogen-bond acceptors (Lipinski definition) is 5. The van der Waals surface area contributed by atoms with Gasteiger partial charge in [0.25, 0.3) is 0 Å². The van der Waals surface area contributed by atoms with Crippen LogP contribution in [0.2, 0.25) is 0 Å². The molecule has 0 radical (unpaired) electrons. The Labute approximate surface area is 64.1 Å². The van der Waals surface area contributed by atoms with Crippen LogP contribution in [0.25, 0.3) is 0 Å². The van der Waals surface area contributed by atoms with Gasteiger partial charge >= 0.3 is 0 Å². The van der Waals surface area contributed by atoms with Gasteiger partial charge in [0.05, 0.1) is 11.8 Å². The van der Waals surface area contributed by atoms with Crippen molar-refractivity contribution in [2.75, 3.05) is 5.73 Å². The SMILES string of the molecule is Cc1ncc(/C=N/N)c(N)n1. The predicted octanol–water partition coefficient (Wildman–Crippen LogP) is -0.340. The standard InChI is InChI=1S/C6H9N5/c1-4-9-2-5(3-10-8)6(7)11-4/h2-3H,8H2,1H3,(H2,7,9,11)/b10-3+. The fourth-order valence-corrected chi connectivity index (χ4v) is 0.677. The Kier molecular flexibility index (Phi) is 2.00. The van der Waals surface area contributed by atoms with Gasteiger partial charge in [-0.2, -0.15) is 5.10 Å². The van der Waals surface area contributed by atoms with E-state index in [9.17, 15) is 0 Å². The monoisotopic (exact) mass is 151 g/mol. The molecule has 0 saturated heterocycles. The minimum Gasteiger partial charge on any atom is -0.383 e. The summed E-state index contributed by atoms with van der Waals surface area (Å²) in [6, 6.07) is 0. The van der Waals surface area contributed by atoms with Crippen LogP contribution in [0, 0.1) is 6.92 Å². The topological polar surface area (TPSA) is 90.2 Å². The Morgan fingerprint density at radius 1 is 1.64 bits per heavy atom. The van der Waals surface area contributed by atoms with Crippen LogP contribution in [0.15, 0.2) is 11.3 Å². The normalized spacial score (nSPS) is 10.6. The van der Waals surface area contributed by atoms with Crippen LogP contribution in [0.5, 0.6) is 0 Å².